The van der Waals surface area contributed by atoms with Crippen molar-refractivity contribution < 1.29 is 33.6 Å². The van der Waals surface area contributed by atoms with Gasteiger partial charge in [0.1, 0.15) is 11.5 Å². The lowest BCUT2D eigenvalue weighted by molar-refractivity contribution is -0.138. The van der Waals surface area contributed by atoms with Crippen LogP contribution in [-0.2, 0) is 39.9 Å². The number of aromatic nitrogens is 1. The van der Waals surface area contributed by atoms with Gasteiger partial charge in [-0.2, -0.15) is 0 Å². The van der Waals surface area contributed by atoms with E-state index in [9.17, 15) is 4.79 Å². The van der Waals surface area contributed by atoms with Crippen molar-refractivity contribution in [3.8, 4) is 11.5 Å². The van der Waals surface area contributed by atoms with E-state index < -0.39 is 5.79 Å². The van der Waals surface area contributed by atoms with Gasteiger partial charge in [0.25, 0.3) is 0 Å². The average Bonchev–Trinajstić information content (AvgIpc) is 3.81. The molecular formula is C46H64N4O7. The number of primary amides is 1. The normalized spacial score (nSPS) is 19.0. The number of aliphatic hydroxyl groups is 1. The third kappa shape index (κ3) is 12.0. The summed E-state index contributed by atoms with van der Waals surface area (Å²) in [5, 5.41) is 10.1. The van der Waals surface area contributed by atoms with Gasteiger partial charge in [-0.05, 0) is 123 Å². The van der Waals surface area contributed by atoms with E-state index in [0.29, 0.717) is 18.2 Å². The first kappa shape index (κ1) is 42.6. The van der Waals surface area contributed by atoms with Crippen molar-refractivity contribution in [1.82, 2.24) is 14.4 Å². The zero-order valence-electron chi connectivity index (χ0n) is 34.5. The molecule has 0 spiro atoms. The topological polar surface area (TPSA) is 121 Å². The molecular weight excluding hydrogens is 721 g/mol. The molecule has 1 atom stereocenters. The molecule has 0 saturated carbocycles. The number of carbonyl (C=O) groups excluding carboxylic acids is 1. The van der Waals surface area contributed by atoms with Crippen molar-refractivity contribution in [2.75, 3.05) is 79.9 Å². The quantitative estimate of drug-likeness (QED) is 0.137. The summed E-state index contributed by atoms with van der Waals surface area (Å²) in [5.41, 5.74) is 12.2. The van der Waals surface area contributed by atoms with Crippen molar-refractivity contribution in [3.05, 3.63) is 94.7 Å². The van der Waals surface area contributed by atoms with Crippen LogP contribution in [-0.4, -0.2) is 117 Å². The summed E-state index contributed by atoms with van der Waals surface area (Å²) in [6, 6.07) is 21.2. The molecule has 4 heterocycles. The number of nitrogens with zero attached hydrogens (tertiary/aromatic N) is 3. The molecule has 0 radical (unpaired) electrons. The largest absolute Gasteiger partial charge is 0.496 e. The summed E-state index contributed by atoms with van der Waals surface area (Å²) >= 11 is 0. The van der Waals surface area contributed by atoms with Crippen LogP contribution in [0, 0.1) is 0 Å². The molecule has 3 fully saturated rings. The summed E-state index contributed by atoms with van der Waals surface area (Å²) in [7, 11) is 3.45. The summed E-state index contributed by atoms with van der Waals surface area (Å²) in [5.74, 6) is 1.01. The van der Waals surface area contributed by atoms with Crippen LogP contribution in [0.5, 0.6) is 11.5 Å². The number of morpholine rings is 1. The van der Waals surface area contributed by atoms with E-state index >= 15 is 0 Å². The molecule has 1 aromatic heterocycles. The maximum Gasteiger partial charge on any atom is 0.248 e. The average molecular weight is 785 g/mol. The number of nitrogens with two attached hydrogens (primary N) is 1. The maximum atomic E-state index is 11.7. The molecule has 3 aliphatic rings. The summed E-state index contributed by atoms with van der Waals surface area (Å²) in [4.78, 5) is 16.7. The van der Waals surface area contributed by atoms with Gasteiger partial charge in [0.05, 0.1) is 40.1 Å². The number of hydrogen-bond acceptors (Lipinski definition) is 9. The number of fused-ring (bicyclic) bond motifs is 1. The molecule has 3 aromatic carbocycles. The van der Waals surface area contributed by atoms with Crippen LogP contribution < -0.4 is 15.2 Å². The minimum Gasteiger partial charge on any atom is -0.496 e. The Balaban J connectivity index is 0.000000232. The molecule has 4 aromatic rings. The van der Waals surface area contributed by atoms with Crippen molar-refractivity contribution in [3.63, 3.8) is 0 Å². The Morgan fingerprint density at radius 3 is 2.14 bits per heavy atom. The predicted molar refractivity (Wildman–Crippen MR) is 224 cm³/mol. The minimum absolute atomic E-state index is 0.0620. The lowest BCUT2D eigenvalue weighted by atomic mass is 10.0. The number of amides is 1. The van der Waals surface area contributed by atoms with Crippen LogP contribution in [0.1, 0.15) is 78.2 Å². The monoisotopic (exact) mass is 784 g/mol. The summed E-state index contributed by atoms with van der Waals surface area (Å²) in [6.45, 7) is 12.8. The first-order valence-electron chi connectivity index (χ1n) is 20.8. The molecule has 1 unspecified atom stereocenters. The van der Waals surface area contributed by atoms with E-state index in [2.05, 4.69) is 50.9 Å². The number of ether oxygens (including phenoxy) is 5. The fourth-order valence-corrected chi connectivity index (χ4v) is 8.37. The highest BCUT2D eigenvalue weighted by atomic mass is 16.7. The van der Waals surface area contributed by atoms with E-state index in [0.717, 1.165) is 125 Å². The summed E-state index contributed by atoms with van der Waals surface area (Å²) in [6.07, 6.45) is 10.1. The first-order valence-corrected chi connectivity index (χ1v) is 20.8. The second kappa shape index (κ2) is 20.6. The van der Waals surface area contributed by atoms with Crippen LogP contribution in [0.4, 0.5) is 0 Å². The number of aryl methyl sites for hydroxylation is 2. The number of aliphatic hydroxyl groups excluding tert-OH is 1. The molecule has 0 aliphatic carbocycles. The Bertz CT molecular complexity index is 1880. The second-order valence-corrected chi connectivity index (χ2v) is 16.0. The second-order valence-electron chi connectivity index (χ2n) is 16.0. The lowest BCUT2D eigenvalue weighted by Crippen LogP contribution is -2.36. The predicted octanol–water partition coefficient (Wildman–Crippen LogP) is 6.21. The number of piperidine rings is 1. The van der Waals surface area contributed by atoms with Gasteiger partial charge in [-0.3, -0.25) is 9.69 Å². The van der Waals surface area contributed by atoms with Gasteiger partial charge >= 0.3 is 0 Å². The Hall–Kier alpha value is -3.97. The van der Waals surface area contributed by atoms with E-state index in [-0.39, 0.29) is 18.6 Å². The Labute approximate surface area is 339 Å². The molecule has 3 N–H and O–H groups in total. The fraction of sp³-hybridized carbons (Fsp3) is 0.543. The highest BCUT2D eigenvalue weighted by Crippen LogP contribution is 2.31. The third-order valence-corrected chi connectivity index (χ3v) is 11.5. The van der Waals surface area contributed by atoms with Crippen LogP contribution in [0.25, 0.3) is 10.9 Å². The number of methoxy groups -OCH3 is 2. The molecule has 3 aliphatic heterocycles. The molecule has 0 bridgehead atoms. The van der Waals surface area contributed by atoms with Crippen LogP contribution >= 0.6 is 0 Å². The van der Waals surface area contributed by atoms with E-state index in [1.54, 1.807) is 14.2 Å². The number of rotatable bonds is 16. The Morgan fingerprint density at radius 1 is 0.825 bits per heavy atom. The van der Waals surface area contributed by atoms with Gasteiger partial charge in [0.2, 0.25) is 5.91 Å². The van der Waals surface area contributed by atoms with Gasteiger partial charge in [-0.15, -0.1) is 0 Å². The molecule has 11 nitrogen and oxygen atoms in total. The maximum absolute atomic E-state index is 11.7. The Morgan fingerprint density at radius 2 is 1.49 bits per heavy atom. The number of likely N-dealkylation sites (tertiary alicyclic amines) is 1. The minimum atomic E-state index is -0.494. The molecule has 7 rings (SSSR count). The van der Waals surface area contributed by atoms with Crippen molar-refractivity contribution in [2.24, 2.45) is 5.73 Å². The number of benzene rings is 3. The van der Waals surface area contributed by atoms with Gasteiger partial charge in [-0.1, -0.05) is 30.3 Å². The van der Waals surface area contributed by atoms with Crippen LogP contribution in [0.15, 0.2) is 66.9 Å². The highest BCUT2D eigenvalue weighted by Gasteiger charge is 2.33. The number of carbonyl (C=O) groups is 1. The van der Waals surface area contributed by atoms with Crippen LogP contribution in [0.3, 0.4) is 0 Å². The van der Waals surface area contributed by atoms with Crippen LogP contribution in [0.2, 0.25) is 0 Å². The van der Waals surface area contributed by atoms with Gasteiger partial charge in [0.15, 0.2) is 5.79 Å². The molecule has 1 amide bonds. The fourth-order valence-electron chi connectivity index (χ4n) is 8.37. The molecule has 11 heteroatoms. The Kier molecular flexibility index (Phi) is 15.4. The van der Waals surface area contributed by atoms with Crippen molar-refractivity contribution in [2.45, 2.75) is 83.1 Å². The summed E-state index contributed by atoms with van der Waals surface area (Å²) < 4.78 is 30.4. The zero-order valence-corrected chi connectivity index (χ0v) is 34.5. The number of hydrogen-bond donors (Lipinski definition) is 2. The third-order valence-electron chi connectivity index (χ3n) is 11.5. The van der Waals surface area contributed by atoms with Gasteiger partial charge in [0, 0.05) is 69.1 Å². The standard InChI is InChI=1S/C30H40N4O3.C16H24O4/c1-36-29-7-4-23(3-2-12-32-17-19-37-20-18-32)21-25(29)8-13-33-14-10-27(11-15-33)34-16-9-24-5-6-26(30(31)35)22-28(24)34;1-16(2)19-11-14(20-16)10-13-9-12(5-4-8-17)6-7-15(13)18-3/h4-7,9,16,21-22,27H,2-3,8,10-15,17-20H2,1H3,(H2,31,35);6-7,9,14,17H,4-5,8,10-11H2,1-3H3. The smallest absolute Gasteiger partial charge is 0.248 e. The van der Waals surface area contributed by atoms with E-state index in [1.807, 2.05) is 44.2 Å². The van der Waals surface area contributed by atoms with Crippen molar-refractivity contribution in [1.29, 1.82) is 0 Å². The van der Waals surface area contributed by atoms with Gasteiger partial charge in [-0.25, -0.2) is 0 Å². The van der Waals surface area contributed by atoms with E-state index in [4.69, 9.17) is 34.5 Å². The van der Waals surface area contributed by atoms with Crippen molar-refractivity contribution >= 4 is 16.8 Å². The molecule has 3 saturated heterocycles. The van der Waals surface area contributed by atoms with E-state index in [1.165, 1.54) is 23.1 Å². The first-order chi connectivity index (χ1) is 27.6. The zero-order chi connectivity index (χ0) is 40.2. The highest BCUT2D eigenvalue weighted by molar-refractivity contribution is 5.97. The SMILES string of the molecule is COc1ccc(CCCN2CCOCC2)cc1CCN1CCC(n2ccc3ccc(C(N)=O)cc32)CC1.COc1ccc(CCCO)cc1CC1COC(C)(C)O1. The van der Waals surface area contributed by atoms with Gasteiger partial charge < -0.3 is 44.0 Å². The molecule has 57 heavy (non-hydrogen) atoms. The molecule has 310 valence electrons. The lowest BCUT2D eigenvalue weighted by Gasteiger charge is -2.33.